The number of nitrogens with one attached hydrogen (secondary N) is 1. The average molecular weight is 179 g/mol. The third kappa shape index (κ3) is 2.50. The molecular formula is C10H17N3+2. The maximum Gasteiger partial charge on any atom is 0.127 e. The number of pyridine rings is 1. The summed E-state index contributed by atoms with van der Waals surface area (Å²) in [6.07, 6.45) is 3.81. The van der Waals surface area contributed by atoms with E-state index in [2.05, 4.69) is 16.4 Å². The van der Waals surface area contributed by atoms with Gasteiger partial charge >= 0.3 is 0 Å². The molecule has 0 radical (unpaired) electrons. The van der Waals surface area contributed by atoms with Crippen LogP contribution in [0.2, 0.25) is 0 Å². The summed E-state index contributed by atoms with van der Waals surface area (Å²) in [7, 11) is 0. The standard InChI is InChI=1S/C10H15N3/c1-2-10(8-12-3-1)9-13-6-4-11-5-7-13/h1-3,8,11H,4-7,9H2/p+2. The van der Waals surface area contributed by atoms with Crippen molar-refractivity contribution in [3.63, 3.8) is 0 Å². The van der Waals surface area contributed by atoms with Crippen LogP contribution in [0.5, 0.6) is 0 Å². The molecule has 3 heteroatoms. The van der Waals surface area contributed by atoms with Crippen LogP contribution in [0.3, 0.4) is 0 Å². The smallest absolute Gasteiger partial charge is 0.127 e. The molecule has 1 aliphatic heterocycles. The lowest BCUT2D eigenvalue weighted by atomic mass is 10.2. The van der Waals surface area contributed by atoms with E-state index in [1.165, 1.54) is 31.7 Å². The summed E-state index contributed by atoms with van der Waals surface area (Å²) >= 11 is 0. The van der Waals surface area contributed by atoms with E-state index in [9.17, 15) is 0 Å². The van der Waals surface area contributed by atoms with Gasteiger partial charge in [-0.2, -0.15) is 0 Å². The second-order valence-electron chi connectivity index (χ2n) is 3.65. The fourth-order valence-electron chi connectivity index (χ4n) is 1.85. The maximum atomic E-state index is 4.13. The van der Waals surface area contributed by atoms with Crippen LogP contribution in [-0.2, 0) is 6.54 Å². The van der Waals surface area contributed by atoms with Crippen molar-refractivity contribution in [2.24, 2.45) is 0 Å². The Morgan fingerprint density at radius 1 is 1.38 bits per heavy atom. The van der Waals surface area contributed by atoms with Crippen LogP contribution in [0.25, 0.3) is 0 Å². The second kappa shape index (κ2) is 4.35. The first-order chi connectivity index (χ1) is 6.45. The predicted octanol–water partition coefficient (Wildman–Crippen LogP) is -1.96. The van der Waals surface area contributed by atoms with E-state index < -0.39 is 0 Å². The fraction of sp³-hybridized carbons (Fsp3) is 0.500. The number of rotatable bonds is 2. The summed E-state index contributed by atoms with van der Waals surface area (Å²) < 4.78 is 0. The summed E-state index contributed by atoms with van der Waals surface area (Å²) in [5.41, 5.74) is 1.36. The van der Waals surface area contributed by atoms with Crippen molar-refractivity contribution in [3.8, 4) is 0 Å². The minimum atomic E-state index is 1.14. The van der Waals surface area contributed by atoms with Crippen LogP contribution < -0.4 is 10.2 Å². The van der Waals surface area contributed by atoms with E-state index in [1.54, 1.807) is 4.90 Å². The van der Waals surface area contributed by atoms with Crippen LogP contribution in [0, 0.1) is 0 Å². The number of hydrogen-bond acceptors (Lipinski definition) is 1. The monoisotopic (exact) mass is 179 g/mol. The number of hydrogen-bond donors (Lipinski definition) is 2. The molecule has 2 rings (SSSR count). The Morgan fingerprint density at radius 3 is 2.92 bits per heavy atom. The average Bonchev–Trinajstić information content (AvgIpc) is 2.21. The van der Waals surface area contributed by atoms with E-state index >= 15 is 0 Å². The van der Waals surface area contributed by atoms with Crippen LogP contribution in [0.1, 0.15) is 5.56 Å². The fourth-order valence-corrected chi connectivity index (χ4v) is 1.85. The highest BCUT2D eigenvalue weighted by molar-refractivity contribution is 5.06. The number of quaternary nitrogens is 2. The molecule has 0 unspecified atom stereocenters. The van der Waals surface area contributed by atoms with Gasteiger partial charge < -0.3 is 10.2 Å². The van der Waals surface area contributed by atoms with Gasteiger partial charge in [0.2, 0.25) is 0 Å². The Bertz CT molecular complexity index is 242. The van der Waals surface area contributed by atoms with Gasteiger partial charge in [-0.3, -0.25) is 4.98 Å². The Hall–Kier alpha value is -0.930. The van der Waals surface area contributed by atoms with Crippen molar-refractivity contribution in [2.75, 3.05) is 26.2 Å². The molecule has 1 aromatic heterocycles. The van der Waals surface area contributed by atoms with Crippen molar-refractivity contribution in [1.29, 1.82) is 0 Å². The molecular weight excluding hydrogens is 162 g/mol. The summed E-state index contributed by atoms with van der Waals surface area (Å²) in [6, 6.07) is 4.18. The molecule has 0 atom stereocenters. The van der Waals surface area contributed by atoms with Gasteiger partial charge in [0.25, 0.3) is 0 Å². The van der Waals surface area contributed by atoms with Gasteiger partial charge in [0.05, 0.1) is 0 Å². The molecule has 13 heavy (non-hydrogen) atoms. The lowest BCUT2D eigenvalue weighted by molar-refractivity contribution is -0.958. The first-order valence-electron chi connectivity index (χ1n) is 4.99. The van der Waals surface area contributed by atoms with E-state index in [4.69, 9.17) is 0 Å². The zero-order valence-electron chi connectivity index (χ0n) is 7.87. The maximum absolute atomic E-state index is 4.13. The van der Waals surface area contributed by atoms with Gasteiger partial charge in [0, 0.05) is 18.0 Å². The lowest BCUT2D eigenvalue weighted by Gasteiger charge is -2.21. The van der Waals surface area contributed by atoms with Gasteiger partial charge in [0.1, 0.15) is 32.7 Å². The molecule has 1 saturated heterocycles. The quantitative estimate of drug-likeness (QED) is 0.543. The first kappa shape index (κ1) is 8.66. The molecule has 3 nitrogen and oxygen atoms in total. The highest BCUT2D eigenvalue weighted by Gasteiger charge is 2.15. The van der Waals surface area contributed by atoms with Crippen molar-refractivity contribution >= 4 is 0 Å². The Balaban J connectivity index is 1.90. The van der Waals surface area contributed by atoms with E-state index in [1.807, 2.05) is 18.5 Å². The molecule has 3 N–H and O–H groups in total. The minimum Gasteiger partial charge on any atom is -0.337 e. The Morgan fingerprint density at radius 2 is 2.23 bits per heavy atom. The van der Waals surface area contributed by atoms with Crippen molar-refractivity contribution in [1.82, 2.24) is 4.98 Å². The number of aromatic nitrogens is 1. The summed E-state index contributed by atoms with van der Waals surface area (Å²) in [5, 5.41) is 2.40. The van der Waals surface area contributed by atoms with Crippen LogP contribution in [-0.4, -0.2) is 31.2 Å². The normalized spacial score (nSPS) is 18.8. The van der Waals surface area contributed by atoms with Crippen LogP contribution in [0.15, 0.2) is 24.5 Å². The molecule has 0 aromatic carbocycles. The molecule has 2 heterocycles. The van der Waals surface area contributed by atoms with Crippen LogP contribution in [0.4, 0.5) is 0 Å². The molecule has 0 amide bonds. The Kier molecular flexibility index (Phi) is 2.90. The second-order valence-corrected chi connectivity index (χ2v) is 3.65. The molecule has 1 fully saturated rings. The highest BCUT2D eigenvalue weighted by atomic mass is 15.2. The van der Waals surface area contributed by atoms with Crippen LogP contribution >= 0.6 is 0 Å². The number of piperazine rings is 1. The zero-order valence-corrected chi connectivity index (χ0v) is 7.87. The van der Waals surface area contributed by atoms with Gasteiger partial charge in [-0.15, -0.1) is 0 Å². The summed E-state index contributed by atoms with van der Waals surface area (Å²) in [4.78, 5) is 5.82. The number of nitrogens with zero attached hydrogens (tertiary/aromatic N) is 1. The van der Waals surface area contributed by atoms with Crippen molar-refractivity contribution in [3.05, 3.63) is 30.1 Å². The van der Waals surface area contributed by atoms with Crippen molar-refractivity contribution in [2.45, 2.75) is 6.54 Å². The zero-order chi connectivity index (χ0) is 8.93. The first-order valence-corrected chi connectivity index (χ1v) is 4.99. The molecule has 0 bridgehead atoms. The summed E-state index contributed by atoms with van der Waals surface area (Å²) in [6.45, 7) is 6.26. The van der Waals surface area contributed by atoms with E-state index in [0.29, 0.717) is 0 Å². The summed E-state index contributed by atoms with van der Waals surface area (Å²) in [5.74, 6) is 0. The largest absolute Gasteiger partial charge is 0.337 e. The van der Waals surface area contributed by atoms with Gasteiger partial charge in [-0.25, -0.2) is 0 Å². The highest BCUT2D eigenvalue weighted by Crippen LogP contribution is 1.91. The van der Waals surface area contributed by atoms with E-state index in [0.717, 1.165) is 6.54 Å². The Labute approximate surface area is 78.8 Å². The molecule has 0 spiro atoms. The molecule has 1 aliphatic rings. The topological polar surface area (TPSA) is 33.9 Å². The predicted molar refractivity (Wildman–Crippen MR) is 50.3 cm³/mol. The molecule has 1 aromatic rings. The third-order valence-corrected chi connectivity index (χ3v) is 2.58. The van der Waals surface area contributed by atoms with E-state index in [-0.39, 0.29) is 0 Å². The van der Waals surface area contributed by atoms with Crippen molar-refractivity contribution < 1.29 is 10.2 Å². The minimum absolute atomic E-state index is 1.14. The van der Waals surface area contributed by atoms with Gasteiger partial charge in [-0.05, 0) is 6.07 Å². The van der Waals surface area contributed by atoms with Gasteiger partial charge in [-0.1, -0.05) is 6.07 Å². The lowest BCUT2D eigenvalue weighted by Crippen LogP contribution is -3.19. The molecule has 70 valence electrons. The molecule has 0 aliphatic carbocycles. The third-order valence-electron chi connectivity index (χ3n) is 2.58. The SMILES string of the molecule is c1cncc(C[NH+]2CC[NH2+]CC2)c1. The number of nitrogens with two attached hydrogens (primary N) is 1. The van der Waals surface area contributed by atoms with Gasteiger partial charge in [0.15, 0.2) is 0 Å². The molecule has 0 saturated carbocycles.